The lowest BCUT2D eigenvalue weighted by Gasteiger charge is -2.41. The van der Waals surface area contributed by atoms with E-state index in [0.29, 0.717) is 37.8 Å². The molecule has 2 amide bonds. The molecule has 242 valence electrons. The van der Waals surface area contributed by atoms with Gasteiger partial charge in [-0.05, 0) is 67.3 Å². The van der Waals surface area contributed by atoms with Crippen LogP contribution in [0, 0.1) is 17.8 Å². The van der Waals surface area contributed by atoms with Crippen molar-refractivity contribution in [1.29, 1.82) is 0 Å². The second-order valence-electron chi connectivity index (χ2n) is 12.9. The molecule has 3 aliphatic heterocycles. The number of esters is 1. The number of likely N-dealkylation sites (tertiary alicyclic amines) is 1. The number of hydrogen-bond acceptors (Lipinski definition) is 6. The number of ether oxygens (including phenoxy) is 2. The predicted molar refractivity (Wildman–Crippen MR) is 176 cm³/mol. The molecule has 1 N–H and O–H groups in total. The van der Waals surface area contributed by atoms with Gasteiger partial charge in [0.15, 0.2) is 0 Å². The molecule has 3 aliphatic rings. The summed E-state index contributed by atoms with van der Waals surface area (Å²) in [6, 6.07) is 12.2. The highest BCUT2D eigenvalue weighted by atomic mass is 16.6. The number of benzene rings is 2. The maximum Gasteiger partial charge on any atom is 0.312 e. The number of aliphatic hydroxyl groups excluding tert-OH is 1. The van der Waals surface area contributed by atoms with Crippen LogP contribution in [0.5, 0.6) is 0 Å². The normalized spacial score (nSPS) is 28.1. The van der Waals surface area contributed by atoms with E-state index in [-0.39, 0.29) is 37.5 Å². The van der Waals surface area contributed by atoms with Crippen LogP contribution >= 0.6 is 0 Å². The second kappa shape index (κ2) is 13.5. The Morgan fingerprint density at radius 1 is 1.13 bits per heavy atom. The van der Waals surface area contributed by atoms with E-state index in [1.54, 1.807) is 15.9 Å². The largest absolute Gasteiger partial charge is 0.465 e. The maximum atomic E-state index is 15.0. The molecular weight excluding hydrogens is 568 g/mol. The van der Waals surface area contributed by atoms with Gasteiger partial charge in [0.1, 0.15) is 17.6 Å². The first-order valence-corrected chi connectivity index (χ1v) is 16.5. The van der Waals surface area contributed by atoms with Gasteiger partial charge in [0.25, 0.3) is 5.91 Å². The monoisotopic (exact) mass is 616 g/mol. The Balaban J connectivity index is 1.59. The molecule has 1 spiro atoms. The number of hydrogen-bond donors (Lipinski definition) is 1. The molecule has 2 bridgehead atoms. The Morgan fingerprint density at radius 2 is 1.89 bits per heavy atom. The van der Waals surface area contributed by atoms with E-state index in [0.717, 1.165) is 23.6 Å². The van der Waals surface area contributed by atoms with E-state index in [9.17, 15) is 14.7 Å². The third-order valence-electron chi connectivity index (χ3n) is 10.6. The smallest absolute Gasteiger partial charge is 0.312 e. The average Bonchev–Trinajstić information content (AvgIpc) is 3.67. The number of anilines is 1. The molecule has 3 saturated heterocycles. The first kappa shape index (κ1) is 32.9. The Labute approximate surface area is 267 Å². The van der Waals surface area contributed by atoms with E-state index in [4.69, 9.17) is 9.47 Å². The summed E-state index contributed by atoms with van der Waals surface area (Å²) in [5.41, 5.74) is -1.42. The number of allylic oxidation sites excluding steroid dienone is 1. The lowest BCUT2D eigenvalue weighted by Crippen LogP contribution is -2.60. The van der Waals surface area contributed by atoms with Crippen molar-refractivity contribution in [3.63, 3.8) is 0 Å². The molecule has 7 atom stereocenters. The van der Waals surface area contributed by atoms with Crippen LogP contribution in [-0.2, 0) is 23.9 Å². The number of nitrogens with zero attached hydrogens (tertiary/aromatic N) is 2. The van der Waals surface area contributed by atoms with Gasteiger partial charge in [-0.25, -0.2) is 0 Å². The zero-order valence-electron chi connectivity index (χ0n) is 27.0. The summed E-state index contributed by atoms with van der Waals surface area (Å²) >= 11 is 0. The summed E-state index contributed by atoms with van der Waals surface area (Å²) in [6.07, 6.45) is 8.14. The molecule has 8 nitrogen and oxygen atoms in total. The third-order valence-corrected chi connectivity index (χ3v) is 10.6. The van der Waals surface area contributed by atoms with Gasteiger partial charge in [-0.15, -0.1) is 13.2 Å². The molecule has 3 heterocycles. The van der Waals surface area contributed by atoms with Crippen LogP contribution in [0.1, 0.15) is 65.7 Å². The van der Waals surface area contributed by atoms with Crippen molar-refractivity contribution >= 4 is 34.2 Å². The van der Waals surface area contributed by atoms with Crippen molar-refractivity contribution in [2.24, 2.45) is 17.8 Å². The van der Waals surface area contributed by atoms with Crippen LogP contribution in [0.4, 0.5) is 5.69 Å². The van der Waals surface area contributed by atoms with E-state index >= 15 is 4.79 Å². The first-order chi connectivity index (χ1) is 21.7. The Kier molecular flexibility index (Phi) is 9.85. The molecule has 0 aromatic heterocycles. The van der Waals surface area contributed by atoms with Crippen molar-refractivity contribution in [3.8, 4) is 0 Å². The van der Waals surface area contributed by atoms with Crippen LogP contribution < -0.4 is 4.90 Å². The van der Waals surface area contributed by atoms with Crippen molar-refractivity contribution in [1.82, 2.24) is 4.90 Å². The molecule has 8 heteroatoms. The molecular formula is C37H48N2O6. The Bertz CT molecular complexity index is 1440. The molecule has 2 unspecified atom stereocenters. The van der Waals surface area contributed by atoms with Crippen LogP contribution in [-0.4, -0.2) is 70.8 Å². The lowest BCUT2D eigenvalue weighted by molar-refractivity contribution is -0.162. The fourth-order valence-electron chi connectivity index (χ4n) is 8.06. The van der Waals surface area contributed by atoms with E-state index in [2.05, 4.69) is 13.2 Å². The summed E-state index contributed by atoms with van der Waals surface area (Å²) in [5, 5.41) is 12.7. The second-order valence-corrected chi connectivity index (χ2v) is 12.9. The number of amides is 2. The molecule has 5 rings (SSSR count). The SMILES string of the molecule is C=CCCCCOC(=O)[C@@H]1[C@H]2C(=O)N([C@@H](CO)[C@@H](C)CC)C(C(=O)N(CC=C)c3ccc4ccccc4c3)C23CC[C@@]1(CC)O3. The molecule has 2 aromatic rings. The maximum absolute atomic E-state index is 15.0. The average molecular weight is 617 g/mol. The highest BCUT2D eigenvalue weighted by molar-refractivity contribution is 6.05. The van der Waals surface area contributed by atoms with E-state index in [1.165, 1.54) is 0 Å². The van der Waals surface area contributed by atoms with Crippen LogP contribution in [0.25, 0.3) is 10.8 Å². The molecule has 3 fully saturated rings. The van der Waals surface area contributed by atoms with Gasteiger partial charge in [-0.2, -0.15) is 0 Å². The zero-order valence-corrected chi connectivity index (χ0v) is 27.0. The molecule has 0 saturated carbocycles. The lowest BCUT2D eigenvalue weighted by atomic mass is 9.65. The molecule has 0 aliphatic carbocycles. The number of aliphatic hydroxyl groups is 1. The minimum atomic E-state index is -1.21. The minimum Gasteiger partial charge on any atom is -0.465 e. The molecule has 0 radical (unpaired) electrons. The minimum absolute atomic E-state index is 0.0920. The topological polar surface area (TPSA) is 96.4 Å². The number of rotatable bonds is 15. The van der Waals surface area contributed by atoms with Crippen LogP contribution in [0.3, 0.4) is 0 Å². The van der Waals surface area contributed by atoms with Gasteiger partial charge in [-0.1, -0.05) is 69.7 Å². The van der Waals surface area contributed by atoms with E-state index < -0.39 is 41.1 Å². The summed E-state index contributed by atoms with van der Waals surface area (Å²) in [5.74, 6) is -2.84. The zero-order chi connectivity index (χ0) is 32.4. The number of carbonyl (C=O) groups is 3. The summed E-state index contributed by atoms with van der Waals surface area (Å²) in [6.45, 7) is 13.8. The Morgan fingerprint density at radius 3 is 2.56 bits per heavy atom. The summed E-state index contributed by atoms with van der Waals surface area (Å²) < 4.78 is 12.8. The molecule has 45 heavy (non-hydrogen) atoms. The summed E-state index contributed by atoms with van der Waals surface area (Å²) in [4.78, 5) is 46.8. The van der Waals surface area contributed by atoms with Crippen molar-refractivity contribution in [3.05, 3.63) is 67.8 Å². The standard InChI is InChI=1S/C37H48N2O6/c1-6-10-11-14-22-44-35(43)31-30-33(41)39(29(24-40)25(5)8-3)32(37(30)20-19-36(31,9-4)45-37)34(42)38(21-7-2)28-18-17-26-15-12-13-16-27(26)23-28/h6-7,12-13,15-18,23,25,29-32,40H,1-2,8-11,14,19-22,24H2,3-5H3/t25-,29-,30-,31-,32?,36+,37?/m0/s1. The van der Waals surface area contributed by atoms with Gasteiger partial charge < -0.3 is 24.4 Å². The molecule has 2 aromatic carbocycles. The van der Waals surface area contributed by atoms with Gasteiger partial charge in [0.05, 0.1) is 30.8 Å². The van der Waals surface area contributed by atoms with Crippen molar-refractivity contribution in [2.75, 3.05) is 24.7 Å². The van der Waals surface area contributed by atoms with E-state index in [1.807, 2.05) is 69.3 Å². The number of unbranched alkanes of at least 4 members (excludes halogenated alkanes) is 2. The van der Waals surface area contributed by atoms with Crippen LogP contribution in [0.15, 0.2) is 67.8 Å². The van der Waals surface area contributed by atoms with Crippen LogP contribution in [0.2, 0.25) is 0 Å². The first-order valence-electron chi connectivity index (χ1n) is 16.5. The van der Waals surface area contributed by atoms with Gasteiger partial charge in [0.2, 0.25) is 5.91 Å². The Hall–Kier alpha value is -3.49. The third kappa shape index (κ3) is 5.50. The van der Waals surface area contributed by atoms with Gasteiger partial charge in [0, 0.05) is 12.2 Å². The van der Waals surface area contributed by atoms with Gasteiger partial charge in [-0.3, -0.25) is 14.4 Å². The summed E-state index contributed by atoms with van der Waals surface area (Å²) in [7, 11) is 0. The van der Waals surface area contributed by atoms with Gasteiger partial charge >= 0.3 is 5.97 Å². The van der Waals surface area contributed by atoms with Crippen molar-refractivity contribution in [2.45, 2.75) is 89.0 Å². The van der Waals surface area contributed by atoms with Crippen molar-refractivity contribution < 1.29 is 29.0 Å². The number of carbonyl (C=O) groups excluding carboxylic acids is 3. The highest BCUT2D eigenvalue weighted by Gasteiger charge is 2.79. The number of fused-ring (bicyclic) bond motifs is 2. The fourth-order valence-corrected chi connectivity index (χ4v) is 8.06. The quantitative estimate of drug-likeness (QED) is 0.154. The fraction of sp³-hybridized carbons (Fsp3) is 0.541. The highest BCUT2D eigenvalue weighted by Crippen LogP contribution is 2.65. The predicted octanol–water partition coefficient (Wildman–Crippen LogP) is 5.82.